The van der Waals surface area contributed by atoms with E-state index in [0.717, 1.165) is 73.4 Å². The summed E-state index contributed by atoms with van der Waals surface area (Å²) >= 11 is 13.3. The summed E-state index contributed by atoms with van der Waals surface area (Å²) in [5.41, 5.74) is 9.01. The molecule has 2 aromatic heterocycles. The Morgan fingerprint density at radius 2 is 1.73 bits per heavy atom. The van der Waals surface area contributed by atoms with Gasteiger partial charge < -0.3 is 30.0 Å². The van der Waals surface area contributed by atoms with Crippen LogP contribution >= 0.6 is 23.2 Å². The van der Waals surface area contributed by atoms with Crippen LogP contribution < -0.4 is 15.0 Å². The number of carbonyl (C=O) groups is 2. The predicted octanol–water partition coefficient (Wildman–Crippen LogP) is 8.73. The van der Waals surface area contributed by atoms with Crippen LogP contribution in [0.2, 0.25) is 10.0 Å². The van der Waals surface area contributed by atoms with Gasteiger partial charge in [-0.05, 0) is 94.0 Å². The van der Waals surface area contributed by atoms with Crippen LogP contribution in [-0.4, -0.2) is 65.4 Å². The van der Waals surface area contributed by atoms with Crippen LogP contribution in [0.1, 0.15) is 67.3 Å². The van der Waals surface area contributed by atoms with Gasteiger partial charge in [0.1, 0.15) is 12.1 Å². The lowest BCUT2D eigenvalue weighted by atomic mass is 9.98. The normalized spacial score (nSPS) is 11.1. The van der Waals surface area contributed by atoms with Gasteiger partial charge in [-0.25, -0.2) is 14.8 Å². The molecule has 51 heavy (non-hydrogen) atoms. The van der Waals surface area contributed by atoms with E-state index >= 15 is 0 Å². The van der Waals surface area contributed by atoms with Crippen LogP contribution in [0.3, 0.4) is 0 Å². The minimum atomic E-state index is -1.11. The van der Waals surface area contributed by atoms with Crippen molar-refractivity contribution in [2.24, 2.45) is 0 Å². The molecule has 0 atom stereocenters. The van der Waals surface area contributed by atoms with Gasteiger partial charge in [0.25, 0.3) is 0 Å². The number of halogens is 2. The fourth-order valence-corrected chi connectivity index (χ4v) is 7.11. The monoisotopic (exact) mass is 728 g/mol. The smallest absolute Gasteiger partial charge is 0.336 e. The van der Waals surface area contributed by atoms with Gasteiger partial charge >= 0.3 is 5.97 Å². The fraction of sp³-hybridized carbons (Fsp3) is 0.308. The predicted molar refractivity (Wildman–Crippen MR) is 206 cm³/mol. The van der Waals surface area contributed by atoms with E-state index in [1.165, 1.54) is 6.33 Å². The molecule has 0 bridgehead atoms. The largest absolute Gasteiger partial charge is 0.494 e. The lowest BCUT2D eigenvalue weighted by molar-refractivity contribution is 0.0696. The lowest BCUT2D eigenvalue weighted by Gasteiger charge is -2.22. The number of hydrogen-bond donors (Lipinski definition) is 3. The first-order valence-corrected chi connectivity index (χ1v) is 17.4. The topological polar surface area (TPSA) is 133 Å². The van der Waals surface area contributed by atoms with E-state index < -0.39 is 5.97 Å². The highest BCUT2D eigenvalue weighted by Crippen LogP contribution is 2.41. The summed E-state index contributed by atoms with van der Waals surface area (Å²) in [4.78, 5) is 35.9. The number of benzene rings is 3. The average molecular weight is 730 g/mol. The van der Waals surface area contributed by atoms with Crippen molar-refractivity contribution in [3.8, 4) is 16.9 Å². The number of fused-ring (bicyclic) bond motifs is 1. The van der Waals surface area contributed by atoms with Gasteiger partial charge in [-0.1, -0.05) is 29.3 Å². The Bertz CT molecular complexity index is 2100. The maximum absolute atomic E-state index is 13.0. The Hall–Kier alpha value is -4.93. The number of anilines is 2. The Labute approximate surface area is 307 Å². The summed E-state index contributed by atoms with van der Waals surface area (Å²) in [5, 5.41) is 22.8. The first kappa shape index (κ1) is 37.3. The molecule has 0 fully saturated rings. The molecular weight excluding hydrogens is 687 g/mol. The van der Waals surface area contributed by atoms with Gasteiger partial charge in [0, 0.05) is 83.3 Å². The number of aromatic carboxylic acids is 1. The number of aldehydes is 1. The van der Waals surface area contributed by atoms with Gasteiger partial charge in [0.05, 0.1) is 28.4 Å². The van der Waals surface area contributed by atoms with Gasteiger partial charge in [-0.2, -0.15) is 0 Å². The molecule has 0 saturated carbocycles. The Morgan fingerprint density at radius 3 is 2.33 bits per heavy atom. The quantitative estimate of drug-likeness (QED) is 0.0554. The number of rotatable bonds is 15. The van der Waals surface area contributed by atoms with E-state index in [4.69, 9.17) is 33.3 Å². The molecule has 0 radical (unpaired) electrons. The van der Waals surface area contributed by atoms with E-state index in [1.807, 2.05) is 74.5 Å². The third-order valence-electron chi connectivity index (χ3n) is 9.28. The zero-order valence-electron chi connectivity index (χ0n) is 29.7. The van der Waals surface area contributed by atoms with Crippen molar-refractivity contribution in [3.05, 3.63) is 97.7 Å². The number of hydrogen-bond acceptors (Lipinski definition) is 8. The zero-order chi connectivity index (χ0) is 37.0. The summed E-state index contributed by atoms with van der Waals surface area (Å²) in [5.74, 6) is -0.351. The first-order valence-electron chi connectivity index (χ1n) is 16.7. The molecule has 2 heterocycles. The third-order valence-corrected chi connectivity index (χ3v) is 10.2. The molecule has 0 saturated heterocycles. The van der Waals surface area contributed by atoms with E-state index in [2.05, 4.69) is 15.3 Å². The van der Waals surface area contributed by atoms with Crippen molar-refractivity contribution in [2.45, 2.75) is 53.5 Å². The molecule has 0 aliphatic heterocycles. The average Bonchev–Trinajstić information content (AvgIpc) is 3.40. The summed E-state index contributed by atoms with van der Waals surface area (Å²) in [6.07, 6.45) is 5.38. The van der Waals surface area contributed by atoms with Gasteiger partial charge in [-0.15, -0.1) is 0 Å². The minimum Gasteiger partial charge on any atom is -0.494 e. The van der Waals surface area contributed by atoms with Crippen LogP contribution in [0, 0.1) is 33.1 Å². The third kappa shape index (κ3) is 7.57. The number of carbonyl (C=O) groups excluding carboxylic acids is 1. The maximum atomic E-state index is 13.0. The van der Waals surface area contributed by atoms with Crippen molar-refractivity contribution in [1.82, 2.24) is 14.5 Å². The van der Waals surface area contributed by atoms with Crippen LogP contribution in [-0.2, 0) is 13.0 Å². The van der Waals surface area contributed by atoms with Crippen molar-refractivity contribution < 1.29 is 19.4 Å². The summed E-state index contributed by atoms with van der Waals surface area (Å²) in [7, 11) is 3.59. The number of carboxylic acids is 1. The van der Waals surface area contributed by atoms with Crippen molar-refractivity contribution >= 4 is 63.9 Å². The standard InChI is InChI=1S/C39H42Cl2N6O4/c1-22-15-27(16-23(2)37(22)41)51-14-7-9-28-29-10-11-32(40)36(35-24(3)44-21-45-25(35)4)38(29)47(34(28)20-48)13-8-12-46(6)26-17-30(39(49)50)31(19-42)33(18-26)43-5/h10-11,15-21,42-43H,7-9,12-14H2,1-6H3,(H,49,50). The molecule has 12 heteroatoms. The van der Waals surface area contributed by atoms with E-state index in [9.17, 15) is 14.7 Å². The Morgan fingerprint density at radius 1 is 1.04 bits per heavy atom. The van der Waals surface area contributed by atoms with Crippen molar-refractivity contribution in [3.63, 3.8) is 0 Å². The second-order valence-electron chi connectivity index (χ2n) is 12.6. The summed E-state index contributed by atoms with van der Waals surface area (Å²) in [6.45, 7) is 9.24. The first-order chi connectivity index (χ1) is 24.4. The fourth-order valence-electron chi connectivity index (χ4n) is 6.76. The van der Waals surface area contributed by atoms with Crippen molar-refractivity contribution in [2.75, 3.05) is 37.5 Å². The summed E-state index contributed by atoms with van der Waals surface area (Å²) in [6, 6.07) is 11.1. The molecule has 266 valence electrons. The molecule has 0 unspecified atom stereocenters. The van der Waals surface area contributed by atoms with Gasteiger partial charge in [0.15, 0.2) is 6.29 Å². The number of aromatic nitrogens is 3. The maximum Gasteiger partial charge on any atom is 0.336 e. The van der Waals surface area contributed by atoms with E-state index in [-0.39, 0.29) is 5.56 Å². The lowest BCUT2D eigenvalue weighted by Crippen LogP contribution is -2.21. The molecule has 3 aromatic carbocycles. The van der Waals surface area contributed by atoms with Crippen LogP contribution in [0.4, 0.5) is 11.4 Å². The number of aryl methyl sites for hydroxylation is 6. The van der Waals surface area contributed by atoms with Gasteiger partial charge in [0.2, 0.25) is 0 Å². The Kier molecular flexibility index (Phi) is 11.7. The zero-order valence-corrected chi connectivity index (χ0v) is 31.2. The van der Waals surface area contributed by atoms with E-state index in [1.54, 1.807) is 13.1 Å². The molecule has 0 spiro atoms. The van der Waals surface area contributed by atoms with Crippen molar-refractivity contribution in [1.29, 1.82) is 5.41 Å². The highest BCUT2D eigenvalue weighted by atomic mass is 35.5. The second-order valence-corrected chi connectivity index (χ2v) is 13.4. The molecule has 10 nitrogen and oxygen atoms in total. The van der Waals surface area contributed by atoms with E-state index in [0.29, 0.717) is 66.6 Å². The second kappa shape index (κ2) is 16.0. The van der Waals surface area contributed by atoms with Crippen LogP contribution in [0.15, 0.2) is 42.7 Å². The van der Waals surface area contributed by atoms with Crippen LogP contribution in [0.5, 0.6) is 5.75 Å². The molecule has 0 amide bonds. The number of nitrogens with one attached hydrogen (secondary N) is 2. The molecule has 5 aromatic rings. The molecule has 5 rings (SSSR count). The SMILES string of the molecule is CNc1cc(N(C)CCCn2c(C=O)c(CCCOc3cc(C)c(Cl)c(C)c3)c3ccc(Cl)c(-c4c(C)ncnc4C)c32)cc(C(=O)O)c1C=N. The molecule has 0 aliphatic rings. The highest BCUT2D eigenvalue weighted by Gasteiger charge is 2.24. The molecule has 0 aliphatic carbocycles. The number of ether oxygens (including phenoxy) is 1. The highest BCUT2D eigenvalue weighted by molar-refractivity contribution is 6.35. The summed E-state index contributed by atoms with van der Waals surface area (Å²) < 4.78 is 8.16. The van der Waals surface area contributed by atoms with Gasteiger partial charge in [-0.3, -0.25) is 4.79 Å². The minimum absolute atomic E-state index is 0.0448. The Balaban J connectivity index is 1.51. The number of nitrogens with zero attached hydrogens (tertiary/aromatic N) is 4. The molecule has 3 N–H and O–H groups in total. The number of carboxylic acid groups (broad SMARTS) is 1. The van der Waals surface area contributed by atoms with Crippen LogP contribution in [0.25, 0.3) is 22.0 Å². The molecular formula is C39H42Cl2N6O4.